The lowest BCUT2D eigenvalue weighted by atomic mass is 10.2. The minimum Gasteiger partial charge on any atom is -0.271 e. The minimum absolute atomic E-state index is 0.0329. The normalized spacial score (nSPS) is 10.7. The van der Waals surface area contributed by atoms with E-state index < -0.39 is 5.91 Å². The van der Waals surface area contributed by atoms with Crippen molar-refractivity contribution in [1.29, 1.82) is 0 Å². The van der Waals surface area contributed by atoms with Crippen LogP contribution in [0.15, 0.2) is 36.4 Å². The first-order valence-corrected chi connectivity index (χ1v) is 9.03. The Hall–Kier alpha value is -3.42. The van der Waals surface area contributed by atoms with Crippen molar-refractivity contribution in [2.24, 2.45) is 0 Å². The second-order valence-corrected chi connectivity index (χ2v) is 6.78. The van der Waals surface area contributed by atoms with Crippen molar-refractivity contribution in [2.75, 3.05) is 0 Å². The van der Waals surface area contributed by atoms with Gasteiger partial charge >= 0.3 is 0 Å². The van der Waals surface area contributed by atoms with E-state index in [9.17, 15) is 9.59 Å². The number of nitrogens with zero attached hydrogens (tertiary/aromatic N) is 4. The first kappa shape index (κ1) is 19.3. The number of carbonyl (C=O) groups is 2. The first-order chi connectivity index (χ1) is 13.3. The van der Waals surface area contributed by atoms with Crippen molar-refractivity contribution < 1.29 is 9.59 Å². The van der Waals surface area contributed by atoms with Gasteiger partial charge in [0.05, 0.1) is 23.5 Å². The fraction of sp³-hybridized carbons (Fsp3) is 0.300. The number of hydrogen-bond donors (Lipinski definition) is 2. The number of aromatic nitrogens is 4. The van der Waals surface area contributed by atoms with Gasteiger partial charge in [-0.05, 0) is 39.3 Å². The summed E-state index contributed by atoms with van der Waals surface area (Å²) in [6.45, 7) is 7.97. The Balaban J connectivity index is 1.64. The standard InChI is InChI=1S/C20H24N6O2/c1-13-10-14(2)25(23-13)12-18(27)21-22-20(28)19-15(3)24-26(16(19)4)11-17-8-6-5-7-9-17/h5-10H,11-12H2,1-4H3,(H,21,27)(H,22,28). The summed E-state index contributed by atoms with van der Waals surface area (Å²) >= 11 is 0. The topological polar surface area (TPSA) is 93.8 Å². The van der Waals surface area contributed by atoms with Gasteiger partial charge in [-0.1, -0.05) is 30.3 Å². The molecular weight excluding hydrogens is 356 g/mol. The van der Waals surface area contributed by atoms with Crippen LogP contribution in [0.2, 0.25) is 0 Å². The van der Waals surface area contributed by atoms with Crippen molar-refractivity contribution >= 4 is 11.8 Å². The molecule has 8 heteroatoms. The Bertz CT molecular complexity index is 1000. The number of benzene rings is 1. The number of carbonyl (C=O) groups excluding carboxylic acids is 2. The predicted octanol–water partition coefficient (Wildman–Crippen LogP) is 1.82. The molecule has 28 heavy (non-hydrogen) atoms. The largest absolute Gasteiger partial charge is 0.273 e. The van der Waals surface area contributed by atoms with Gasteiger partial charge in [-0.3, -0.25) is 29.8 Å². The van der Waals surface area contributed by atoms with Gasteiger partial charge in [-0.15, -0.1) is 0 Å². The number of amides is 2. The zero-order valence-electron chi connectivity index (χ0n) is 16.5. The molecule has 0 spiro atoms. The Kier molecular flexibility index (Phi) is 5.58. The Labute approximate surface area is 163 Å². The molecule has 8 nitrogen and oxygen atoms in total. The third-order valence-electron chi connectivity index (χ3n) is 4.50. The van der Waals surface area contributed by atoms with Gasteiger partial charge in [0.25, 0.3) is 11.8 Å². The van der Waals surface area contributed by atoms with Crippen LogP contribution in [-0.2, 0) is 17.9 Å². The monoisotopic (exact) mass is 380 g/mol. The van der Waals surface area contributed by atoms with E-state index in [2.05, 4.69) is 21.0 Å². The third kappa shape index (κ3) is 4.28. The summed E-state index contributed by atoms with van der Waals surface area (Å²) in [5.41, 5.74) is 9.54. The smallest absolute Gasteiger partial charge is 0.271 e. The SMILES string of the molecule is Cc1cc(C)n(CC(=O)NNC(=O)c2c(C)nn(Cc3ccccc3)c2C)n1. The Morgan fingerprint density at radius 3 is 2.32 bits per heavy atom. The minimum atomic E-state index is -0.393. The highest BCUT2D eigenvalue weighted by Gasteiger charge is 2.19. The molecule has 2 heterocycles. The van der Waals surface area contributed by atoms with E-state index in [4.69, 9.17) is 0 Å². The van der Waals surface area contributed by atoms with E-state index >= 15 is 0 Å². The molecule has 0 unspecified atom stereocenters. The maximum absolute atomic E-state index is 12.6. The summed E-state index contributed by atoms with van der Waals surface area (Å²) < 4.78 is 3.38. The number of aryl methyl sites for hydroxylation is 3. The van der Waals surface area contributed by atoms with Crippen molar-refractivity contribution in [2.45, 2.75) is 40.8 Å². The summed E-state index contributed by atoms with van der Waals surface area (Å²) in [5, 5.41) is 8.70. The molecule has 2 N–H and O–H groups in total. The molecule has 2 amide bonds. The molecule has 0 atom stereocenters. The number of rotatable bonds is 5. The summed E-state index contributed by atoms with van der Waals surface area (Å²) in [4.78, 5) is 24.7. The van der Waals surface area contributed by atoms with Crippen molar-refractivity contribution in [3.63, 3.8) is 0 Å². The number of nitrogens with one attached hydrogen (secondary N) is 2. The molecule has 0 saturated carbocycles. The first-order valence-electron chi connectivity index (χ1n) is 9.03. The van der Waals surface area contributed by atoms with Gasteiger partial charge in [0.2, 0.25) is 0 Å². The molecule has 2 aromatic heterocycles. The second kappa shape index (κ2) is 8.08. The Morgan fingerprint density at radius 1 is 0.964 bits per heavy atom. The van der Waals surface area contributed by atoms with E-state index in [1.807, 2.05) is 57.2 Å². The predicted molar refractivity (Wildman–Crippen MR) is 105 cm³/mol. The zero-order valence-corrected chi connectivity index (χ0v) is 16.5. The zero-order chi connectivity index (χ0) is 20.3. The summed E-state index contributed by atoms with van der Waals surface area (Å²) in [6.07, 6.45) is 0. The quantitative estimate of drug-likeness (QED) is 0.660. The van der Waals surface area contributed by atoms with Gasteiger partial charge in [0.1, 0.15) is 6.54 Å². The average molecular weight is 380 g/mol. The van der Waals surface area contributed by atoms with Crippen LogP contribution in [-0.4, -0.2) is 31.4 Å². The maximum Gasteiger partial charge on any atom is 0.273 e. The van der Waals surface area contributed by atoms with E-state index in [0.29, 0.717) is 17.8 Å². The van der Waals surface area contributed by atoms with Crippen LogP contribution in [0.25, 0.3) is 0 Å². The molecule has 3 rings (SSSR count). The van der Waals surface area contributed by atoms with E-state index in [1.165, 1.54) is 0 Å². The van der Waals surface area contributed by atoms with Crippen LogP contribution < -0.4 is 10.9 Å². The van der Waals surface area contributed by atoms with Crippen molar-refractivity contribution in [3.05, 3.63) is 70.3 Å². The molecule has 1 aromatic carbocycles. The molecule has 146 valence electrons. The van der Waals surface area contributed by atoms with Gasteiger partial charge < -0.3 is 0 Å². The van der Waals surface area contributed by atoms with E-state index in [1.54, 1.807) is 16.3 Å². The third-order valence-corrected chi connectivity index (χ3v) is 4.50. The molecule has 0 aliphatic carbocycles. The van der Waals surface area contributed by atoms with E-state index in [0.717, 1.165) is 22.6 Å². The molecule has 0 radical (unpaired) electrons. The van der Waals surface area contributed by atoms with Gasteiger partial charge in [0, 0.05) is 11.4 Å². The molecule has 0 aliphatic rings. The summed E-state index contributed by atoms with van der Waals surface area (Å²) in [7, 11) is 0. The molecule has 0 aliphatic heterocycles. The highest BCUT2D eigenvalue weighted by atomic mass is 16.2. The fourth-order valence-corrected chi connectivity index (χ4v) is 3.14. The van der Waals surface area contributed by atoms with Crippen LogP contribution in [0.5, 0.6) is 0 Å². The van der Waals surface area contributed by atoms with Crippen LogP contribution in [0.4, 0.5) is 0 Å². The average Bonchev–Trinajstić information content (AvgIpc) is 3.11. The lowest BCUT2D eigenvalue weighted by Crippen LogP contribution is -2.43. The van der Waals surface area contributed by atoms with Crippen molar-refractivity contribution in [3.8, 4) is 0 Å². The molecule has 3 aromatic rings. The lowest BCUT2D eigenvalue weighted by molar-refractivity contribution is -0.122. The highest BCUT2D eigenvalue weighted by molar-refractivity contribution is 5.97. The van der Waals surface area contributed by atoms with Crippen LogP contribution >= 0.6 is 0 Å². The second-order valence-electron chi connectivity index (χ2n) is 6.78. The van der Waals surface area contributed by atoms with Gasteiger partial charge in [-0.2, -0.15) is 10.2 Å². The molecule has 0 fully saturated rings. The number of hydrazine groups is 1. The number of hydrogen-bond acceptors (Lipinski definition) is 4. The lowest BCUT2D eigenvalue weighted by Gasteiger charge is -2.09. The van der Waals surface area contributed by atoms with Crippen LogP contribution in [0.3, 0.4) is 0 Å². The van der Waals surface area contributed by atoms with Gasteiger partial charge in [0.15, 0.2) is 0 Å². The Morgan fingerprint density at radius 2 is 1.68 bits per heavy atom. The van der Waals surface area contributed by atoms with Crippen molar-refractivity contribution in [1.82, 2.24) is 30.4 Å². The molecule has 0 saturated heterocycles. The molecular formula is C20H24N6O2. The van der Waals surface area contributed by atoms with Crippen LogP contribution in [0, 0.1) is 27.7 Å². The summed E-state index contributed by atoms with van der Waals surface area (Å²) in [6, 6.07) is 11.8. The highest BCUT2D eigenvalue weighted by Crippen LogP contribution is 2.14. The fourth-order valence-electron chi connectivity index (χ4n) is 3.14. The van der Waals surface area contributed by atoms with E-state index in [-0.39, 0.29) is 12.5 Å². The maximum atomic E-state index is 12.6. The molecule has 0 bridgehead atoms. The summed E-state index contributed by atoms with van der Waals surface area (Å²) in [5.74, 6) is -0.748. The van der Waals surface area contributed by atoms with Gasteiger partial charge in [-0.25, -0.2) is 0 Å². The van der Waals surface area contributed by atoms with Crippen LogP contribution in [0.1, 0.15) is 38.7 Å².